The van der Waals surface area contributed by atoms with Gasteiger partial charge in [-0.2, -0.15) is 0 Å². The van der Waals surface area contributed by atoms with Crippen LogP contribution < -0.4 is 4.72 Å². The van der Waals surface area contributed by atoms with E-state index in [-0.39, 0.29) is 4.90 Å². The normalized spacial score (nSPS) is 12.2. The molecule has 0 aliphatic heterocycles. The fraction of sp³-hybridized carbons (Fsp3) is 0.364. The van der Waals surface area contributed by atoms with Crippen LogP contribution in [0.5, 0.6) is 0 Å². The van der Waals surface area contributed by atoms with Crippen molar-refractivity contribution >= 4 is 21.1 Å². The van der Waals surface area contributed by atoms with Crippen LogP contribution in [0, 0.1) is 6.92 Å². The first-order valence-electron chi connectivity index (χ1n) is 5.40. The van der Waals surface area contributed by atoms with Gasteiger partial charge in [-0.05, 0) is 39.1 Å². The molecule has 17 heavy (non-hydrogen) atoms. The first-order chi connectivity index (χ1) is 7.99. The number of hydrogen-bond acceptors (Lipinski definition) is 3. The second-order valence-corrected chi connectivity index (χ2v) is 5.65. The number of imidazole rings is 1. The van der Waals surface area contributed by atoms with E-state index in [4.69, 9.17) is 0 Å². The van der Waals surface area contributed by atoms with Gasteiger partial charge in [0.2, 0.25) is 10.0 Å². The van der Waals surface area contributed by atoms with Crippen molar-refractivity contribution in [3.8, 4) is 0 Å². The monoisotopic (exact) mass is 253 g/mol. The molecule has 0 amide bonds. The lowest BCUT2D eigenvalue weighted by Crippen LogP contribution is -2.18. The Morgan fingerprint density at radius 2 is 2.12 bits per heavy atom. The van der Waals surface area contributed by atoms with E-state index in [1.807, 2.05) is 18.4 Å². The predicted octanol–water partition coefficient (Wildman–Crippen LogP) is 1.27. The Labute approximate surface area is 101 Å². The Hall–Kier alpha value is -1.40. The lowest BCUT2D eigenvalue weighted by atomic mass is 10.3. The summed E-state index contributed by atoms with van der Waals surface area (Å²) in [7, 11) is -2.00. The zero-order chi connectivity index (χ0) is 12.6. The van der Waals surface area contributed by atoms with Crippen LogP contribution in [0.25, 0.3) is 11.0 Å². The fourth-order valence-corrected chi connectivity index (χ4v) is 2.66. The molecule has 5 nitrogen and oxygen atoms in total. The van der Waals surface area contributed by atoms with Crippen LogP contribution in [0.2, 0.25) is 0 Å². The Kier molecular flexibility index (Phi) is 2.92. The molecule has 1 aromatic heterocycles. The van der Waals surface area contributed by atoms with Gasteiger partial charge in [0.15, 0.2) is 0 Å². The van der Waals surface area contributed by atoms with Gasteiger partial charge < -0.3 is 4.57 Å². The van der Waals surface area contributed by atoms with Crippen molar-refractivity contribution in [3.05, 3.63) is 24.0 Å². The van der Waals surface area contributed by atoms with Gasteiger partial charge in [-0.1, -0.05) is 0 Å². The maximum Gasteiger partial charge on any atom is 0.240 e. The van der Waals surface area contributed by atoms with Gasteiger partial charge in [-0.3, -0.25) is 0 Å². The third-order valence-corrected chi connectivity index (χ3v) is 4.22. The molecule has 0 saturated carbocycles. The Balaban J connectivity index is 2.68. The highest BCUT2D eigenvalue weighted by Gasteiger charge is 2.14. The lowest BCUT2D eigenvalue weighted by Gasteiger charge is -2.03. The number of aryl methyl sites for hydroxylation is 2. The molecule has 1 N–H and O–H groups in total. The minimum atomic E-state index is -3.40. The summed E-state index contributed by atoms with van der Waals surface area (Å²) in [5.41, 5.74) is 1.67. The summed E-state index contributed by atoms with van der Waals surface area (Å²) in [6.45, 7) is 4.77. The molecule has 0 unspecified atom stereocenters. The zero-order valence-corrected chi connectivity index (χ0v) is 10.9. The quantitative estimate of drug-likeness (QED) is 0.896. The van der Waals surface area contributed by atoms with E-state index in [0.717, 1.165) is 17.9 Å². The van der Waals surface area contributed by atoms with E-state index in [1.165, 1.54) is 7.05 Å². The molecule has 0 atom stereocenters. The molecule has 92 valence electrons. The minimum Gasteiger partial charge on any atom is -0.329 e. The molecule has 0 radical (unpaired) electrons. The van der Waals surface area contributed by atoms with Crippen molar-refractivity contribution in [3.63, 3.8) is 0 Å². The van der Waals surface area contributed by atoms with Crippen molar-refractivity contribution in [2.24, 2.45) is 0 Å². The Morgan fingerprint density at radius 1 is 1.41 bits per heavy atom. The summed E-state index contributed by atoms with van der Waals surface area (Å²) in [4.78, 5) is 4.61. The summed E-state index contributed by atoms with van der Waals surface area (Å²) in [5.74, 6) is 0.890. The number of aromatic nitrogens is 2. The predicted molar refractivity (Wildman–Crippen MR) is 66.4 cm³/mol. The van der Waals surface area contributed by atoms with Gasteiger partial charge >= 0.3 is 0 Å². The van der Waals surface area contributed by atoms with E-state index < -0.39 is 10.0 Å². The molecule has 2 aromatic rings. The van der Waals surface area contributed by atoms with Crippen LogP contribution in [0.3, 0.4) is 0 Å². The van der Waals surface area contributed by atoms with Gasteiger partial charge in [-0.15, -0.1) is 0 Å². The number of hydrogen-bond donors (Lipinski definition) is 1. The van der Waals surface area contributed by atoms with Gasteiger partial charge in [0, 0.05) is 6.54 Å². The first kappa shape index (κ1) is 12.1. The van der Waals surface area contributed by atoms with E-state index >= 15 is 0 Å². The third kappa shape index (κ3) is 1.94. The van der Waals surface area contributed by atoms with Crippen molar-refractivity contribution < 1.29 is 8.42 Å². The number of nitrogens with zero attached hydrogens (tertiary/aromatic N) is 2. The SMILES string of the molecule is CCn1c(C)nc2cc(S(=O)(=O)NC)ccc21. The molecule has 0 aliphatic rings. The second kappa shape index (κ2) is 4.12. The summed E-state index contributed by atoms with van der Waals surface area (Å²) in [6, 6.07) is 4.99. The van der Waals surface area contributed by atoms with Crippen molar-refractivity contribution in [2.45, 2.75) is 25.3 Å². The summed E-state index contributed by atoms with van der Waals surface area (Å²) < 4.78 is 27.7. The number of sulfonamides is 1. The molecule has 1 heterocycles. The Bertz CT molecular complexity index is 659. The highest BCUT2D eigenvalue weighted by Crippen LogP contribution is 2.20. The van der Waals surface area contributed by atoms with E-state index in [1.54, 1.807) is 18.2 Å². The Morgan fingerprint density at radius 3 is 2.71 bits per heavy atom. The number of nitrogens with one attached hydrogen (secondary N) is 1. The molecule has 0 saturated heterocycles. The van der Waals surface area contributed by atoms with E-state index in [2.05, 4.69) is 9.71 Å². The molecule has 0 fully saturated rings. The van der Waals surface area contributed by atoms with Crippen molar-refractivity contribution in [2.75, 3.05) is 7.05 Å². The molecular formula is C11H15N3O2S. The maximum atomic E-state index is 11.7. The van der Waals surface area contributed by atoms with Gasteiger partial charge in [0.25, 0.3) is 0 Å². The summed E-state index contributed by atoms with van der Waals surface area (Å²) >= 11 is 0. The zero-order valence-electron chi connectivity index (χ0n) is 10.1. The van der Waals surface area contributed by atoms with E-state index in [0.29, 0.717) is 5.52 Å². The minimum absolute atomic E-state index is 0.244. The largest absolute Gasteiger partial charge is 0.329 e. The standard InChI is InChI=1S/C11H15N3O2S/c1-4-14-8(2)13-10-7-9(5-6-11(10)14)17(15,16)12-3/h5-7,12H,4H2,1-3H3. The van der Waals surface area contributed by atoms with Gasteiger partial charge in [0.05, 0.1) is 15.9 Å². The topological polar surface area (TPSA) is 64.0 Å². The van der Waals surface area contributed by atoms with Crippen LogP contribution >= 0.6 is 0 Å². The molecule has 0 aliphatic carbocycles. The van der Waals surface area contributed by atoms with Crippen LogP contribution in [-0.4, -0.2) is 25.0 Å². The number of rotatable bonds is 3. The first-order valence-corrected chi connectivity index (χ1v) is 6.88. The highest BCUT2D eigenvalue weighted by molar-refractivity contribution is 7.89. The van der Waals surface area contributed by atoms with Gasteiger partial charge in [-0.25, -0.2) is 18.1 Å². The smallest absolute Gasteiger partial charge is 0.240 e. The van der Waals surface area contributed by atoms with Crippen molar-refractivity contribution in [1.29, 1.82) is 0 Å². The lowest BCUT2D eigenvalue weighted by molar-refractivity contribution is 0.588. The highest BCUT2D eigenvalue weighted by atomic mass is 32.2. The summed E-state index contributed by atoms with van der Waals surface area (Å²) in [6.07, 6.45) is 0. The van der Waals surface area contributed by atoms with Crippen LogP contribution in [0.4, 0.5) is 0 Å². The van der Waals surface area contributed by atoms with E-state index in [9.17, 15) is 8.42 Å². The van der Waals surface area contributed by atoms with Crippen molar-refractivity contribution in [1.82, 2.24) is 14.3 Å². The fourth-order valence-electron chi connectivity index (χ4n) is 1.91. The third-order valence-electron chi connectivity index (χ3n) is 2.81. The van der Waals surface area contributed by atoms with Crippen LogP contribution in [0.1, 0.15) is 12.7 Å². The van der Waals surface area contributed by atoms with Crippen LogP contribution in [0.15, 0.2) is 23.1 Å². The number of benzene rings is 1. The molecular weight excluding hydrogens is 238 g/mol. The molecule has 6 heteroatoms. The molecule has 1 aromatic carbocycles. The van der Waals surface area contributed by atoms with Crippen LogP contribution in [-0.2, 0) is 16.6 Å². The number of fused-ring (bicyclic) bond motifs is 1. The second-order valence-electron chi connectivity index (χ2n) is 3.76. The van der Waals surface area contributed by atoms with Gasteiger partial charge in [0.1, 0.15) is 5.82 Å². The molecule has 2 rings (SSSR count). The maximum absolute atomic E-state index is 11.7. The molecule has 0 bridgehead atoms. The average molecular weight is 253 g/mol. The summed E-state index contributed by atoms with van der Waals surface area (Å²) in [5, 5.41) is 0. The molecule has 0 spiro atoms. The average Bonchev–Trinajstić information content (AvgIpc) is 2.63.